The van der Waals surface area contributed by atoms with Gasteiger partial charge in [0.25, 0.3) is 0 Å². The summed E-state index contributed by atoms with van der Waals surface area (Å²) < 4.78 is 38.9. The molecule has 1 aliphatic rings. The summed E-state index contributed by atoms with van der Waals surface area (Å²) in [6, 6.07) is 23.1. The molecule has 2 amide bonds. The number of amides is 2. The number of hydrogen-bond acceptors (Lipinski definition) is 5. The fourth-order valence-electron chi connectivity index (χ4n) is 3.79. The third-order valence-electron chi connectivity index (χ3n) is 5.47. The monoisotopic (exact) mass is 474 g/mol. The standard InChI is InChI=1S/C25H17F3N6O/c26-25(27,28)19-6-3-7-20(14-19)29-24(35)30-22-11-10-18(13-21(22)23-31-33-34-32-23)17-9-8-15-4-1-2-5-16(15)12-17/h1-14,23H,(H2,29,30,35). The number of carbonyl (C=O) groups excluding carboxylic acids is 1. The van der Waals surface area contributed by atoms with Crippen molar-refractivity contribution in [3.05, 3.63) is 96.1 Å². The van der Waals surface area contributed by atoms with Gasteiger partial charge in [0.05, 0.1) is 5.56 Å². The van der Waals surface area contributed by atoms with Crippen LogP contribution in [0.25, 0.3) is 21.9 Å². The lowest BCUT2D eigenvalue weighted by Crippen LogP contribution is -2.21. The molecular weight excluding hydrogens is 457 g/mol. The average Bonchev–Trinajstić information content (AvgIpc) is 3.38. The van der Waals surface area contributed by atoms with Crippen LogP contribution in [0.4, 0.5) is 29.3 Å². The average molecular weight is 474 g/mol. The van der Waals surface area contributed by atoms with Crippen molar-refractivity contribution in [2.45, 2.75) is 12.3 Å². The summed E-state index contributed by atoms with van der Waals surface area (Å²) in [6.45, 7) is 0. The second kappa shape index (κ2) is 8.98. The molecule has 35 heavy (non-hydrogen) atoms. The zero-order chi connectivity index (χ0) is 24.4. The molecule has 0 spiro atoms. The highest BCUT2D eigenvalue weighted by Crippen LogP contribution is 2.35. The number of halogens is 3. The Morgan fingerprint density at radius 2 is 1.46 bits per heavy atom. The van der Waals surface area contributed by atoms with Crippen LogP contribution in [0.1, 0.15) is 17.3 Å². The minimum absolute atomic E-state index is 0.00639. The van der Waals surface area contributed by atoms with Crippen molar-refractivity contribution in [2.24, 2.45) is 20.7 Å². The first-order chi connectivity index (χ1) is 16.9. The third-order valence-corrected chi connectivity index (χ3v) is 5.47. The lowest BCUT2D eigenvalue weighted by atomic mass is 9.98. The van der Waals surface area contributed by atoms with Crippen molar-refractivity contribution in [2.75, 3.05) is 10.6 Å². The van der Waals surface area contributed by atoms with E-state index in [0.29, 0.717) is 11.3 Å². The summed E-state index contributed by atoms with van der Waals surface area (Å²) in [5.41, 5.74) is 1.89. The van der Waals surface area contributed by atoms with Crippen LogP contribution in [-0.2, 0) is 6.18 Å². The van der Waals surface area contributed by atoms with E-state index in [1.54, 1.807) is 6.07 Å². The zero-order valence-corrected chi connectivity index (χ0v) is 18.0. The highest BCUT2D eigenvalue weighted by molar-refractivity contribution is 6.00. The minimum Gasteiger partial charge on any atom is -0.308 e. The Morgan fingerprint density at radius 1 is 0.743 bits per heavy atom. The molecule has 0 unspecified atom stereocenters. The quantitative estimate of drug-likeness (QED) is 0.308. The van der Waals surface area contributed by atoms with Gasteiger partial charge in [0.1, 0.15) is 0 Å². The van der Waals surface area contributed by atoms with E-state index >= 15 is 0 Å². The number of benzene rings is 4. The normalized spacial score (nSPS) is 13.3. The molecule has 1 aliphatic heterocycles. The Kier molecular flexibility index (Phi) is 5.69. The number of anilines is 2. The molecule has 4 aromatic carbocycles. The Labute approximate surface area is 197 Å². The molecule has 0 saturated carbocycles. The predicted molar refractivity (Wildman–Crippen MR) is 126 cm³/mol. The van der Waals surface area contributed by atoms with Gasteiger partial charge in [0.2, 0.25) is 6.17 Å². The van der Waals surface area contributed by atoms with Crippen LogP contribution < -0.4 is 10.6 Å². The molecule has 0 bridgehead atoms. The maximum absolute atomic E-state index is 13.0. The first kappa shape index (κ1) is 22.2. The van der Waals surface area contributed by atoms with Crippen molar-refractivity contribution in [3.8, 4) is 11.1 Å². The smallest absolute Gasteiger partial charge is 0.308 e. The summed E-state index contributed by atoms with van der Waals surface area (Å²) in [7, 11) is 0. The minimum atomic E-state index is -4.52. The molecule has 10 heteroatoms. The number of urea groups is 1. The van der Waals surface area contributed by atoms with Gasteiger partial charge in [-0.1, -0.05) is 48.5 Å². The number of nitrogens with one attached hydrogen (secondary N) is 2. The largest absolute Gasteiger partial charge is 0.416 e. The topological polar surface area (TPSA) is 90.6 Å². The summed E-state index contributed by atoms with van der Waals surface area (Å²) in [5.74, 6) is 0. The Morgan fingerprint density at radius 3 is 2.23 bits per heavy atom. The maximum Gasteiger partial charge on any atom is 0.416 e. The first-order valence-corrected chi connectivity index (χ1v) is 10.6. The van der Waals surface area contributed by atoms with Gasteiger partial charge < -0.3 is 10.6 Å². The predicted octanol–water partition coefficient (Wildman–Crippen LogP) is 8.00. The number of hydrogen-bond donors (Lipinski definition) is 2. The third kappa shape index (κ3) is 4.86. The molecule has 1 heterocycles. The molecule has 0 aromatic heterocycles. The zero-order valence-electron chi connectivity index (χ0n) is 18.0. The lowest BCUT2D eigenvalue weighted by molar-refractivity contribution is -0.137. The first-order valence-electron chi connectivity index (χ1n) is 10.6. The summed E-state index contributed by atoms with van der Waals surface area (Å²) in [4.78, 5) is 12.6. The van der Waals surface area contributed by atoms with Crippen LogP contribution in [0.5, 0.6) is 0 Å². The Hall–Kier alpha value is -4.60. The summed E-state index contributed by atoms with van der Waals surface area (Å²) in [6.07, 6.45) is -5.27. The molecule has 0 atom stereocenters. The highest BCUT2D eigenvalue weighted by atomic mass is 19.4. The van der Waals surface area contributed by atoms with Gasteiger partial charge >= 0.3 is 12.2 Å². The molecule has 0 fully saturated rings. The van der Waals surface area contributed by atoms with Crippen LogP contribution in [0.3, 0.4) is 0 Å². The van der Waals surface area contributed by atoms with Crippen molar-refractivity contribution in [3.63, 3.8) is 0 Å². The van der Waals surface area contributed by atoms with Gasteiger partial charge in [-0.3, -0.25) is 0 Å². The number of rotatable bonds is 4. The maximum atomic E-state index is 13.0. The Bertz CT molecular complexity index is 1470. The lowest BCUT2D eigenvalue weighted by Gasteiger charge is -2.15. The van der Waals surface area contributed by atoms with Crippen molar-refractivity contribution < 1.29 is 18.0 Å². The van der Waals surface area contributed by atoms with Crippen LogP contribution in [0.2, 0.25) is 0 Å². The van der Waals surface area contributed by atoms with Gasteiger partial charge in [0.15, 0.2) is 0 Å². The van der Waals surface area contributed by atoms with E-state index in [-0.39, 0.29) is 5.69 Å². The molecule has 0 aliphatic carbocycles. The molecule has 0 radical (unpaired) electrons. The van der Waals surface area contributed by atoms with Crippen LogP contribution in [0, 0.1) is 0 Å². The van der Waals surface area contributed by atoms with E-state index in [2.05, 4.69) is 37.4 Å². The second-order valence-corrected chi connectivity index (χ2v) is 7.81. The van der Waals surface area contributed by atoms with E-state index in [9.17, 15) is 18.0 Å². The van der Waals surface area contributed by atoms with Crippen molar-refractivity contribution >= 4 is 28.2 Å². The van der Waals surface area contributed by atoms with Crippen molar-refractivity contribution in [1.82, 2.24) is 0 Å². The highest BCUT2D eigenvalue weighted by Gasteiger charge is 2.30. The van der Waals surface area contributed by atoms with E-state index in [1.807, 2.05) is 48.5 Å². The molecule has 174 valence electrons. The SMILES string of the molecule is O=C(Nc1cccc(C(F)(F)F)c1)Nc1ccc(-c2ccc3ccccc3c2)cc1C1N=NN=N1. The van der Waals surface area contributed by atoms with E-state index in [1.165, 1.54) is 12.1 Å². The van der Waals surface area contributed by atoms with Gasteiger partial charge in [0, 0.05) is 16.9 Å². The van der Waals surface area contributed by atoms with E-state index in [4.69, 9.17) is 0 Å². The van der Waals surface area contributed by atoms with Gasteiger partial charge in [-0.05, 0) is 68.7 Å². The molecular formula is C25H17F3N6O. The fraction of sp³-hybridized carbons (Fsp3) is 0.0800. The number of nitrogens with zero attached hydrogens (tertiary/aromatic N) is 4. The Balaban J connectivity index is 1.43. The van der Waals surface area contributed by atoms with Crippen LogP contribution in [0.15, 0.2) is 106 Å². The molecule has 5 rings (SSSR count). The molecule has 7 nitrogen and oxygen atoms in total. The van der Waals surface area contributed by atoms with Crippen molar-refractivity contribution in [1.29, 1.82) is 0 Å². The van der Waals surface area contributed by atoms with E-state index < -0.39 is 23.9 Å². The molecule has 2 N–H and O–H groups in total. The summed E-state index contributed by atoms with van der Waals surface area (Å²) >= 11 is 0. The van der Waals surface area contributed by atoms with Crippen LogP contribution >= 0.6 is 0 Å². The van der Waals surface area contributed by atoms with Gasteiger partial charge in [-0.2, -0.15) is 13.2 Å². The number of fused-ring (bicyclic) bond motifs is 1. The second-order valence-electron chi connectivity index (χ2n) is 7.81. The van der Waals surface area contributed by atoms with Crippen LogP contribution in [-0.4, -0.2) is 6.03 Å². The van der Waals surface area contributed by atoms with E-state index in [0.717, 1.165) is 34.0 Å². The number of alkyl halides is 3. The number of carbonyl (C=O) groups is 1. The molecule has 4 aromatic rings. The van der Waals surface area contributed by atoms with Gasteiger partial charge in [-0.25, -0.2) is 4.79 Å². The fourth-order valence-corrected chi connectivity index (χ4v) is 3.79. The van der Waals surface area contributed by atoms with Gasteiger partial charge in [-0.15, -0.1) is 10.2 Å². The summed E-state index contributed by atoms with van der Waals surface area (Å²) in [5, 5.41) is 22.3. The molecule has 0 saturated heterocycles.